The highest BCUT2D eigenvalue weighted by Gasteiger charge is 2.28. The molecule has 4 heteroatoms. The Morgan fingerprint density at radius 1 is 0.972 bits per heavy atom. The van der Waals surface area contributed by atoms with Crippen LogP contribution >= 0.6 is 0 Å². The summed E-state index contributed by atoms with van der Waals surface area (Å²) in [5, 5.41) is 0. The van der Waals surface area contributed by atoms with Crippen molar-refractivity contribution in [3.8, 4) is 0 Å². The van der Waals surface area contributed by atoms with Gasteiger partial charge >= 0.3 is 0 Å². The van der Waals surface area contributed by atoms with Crippen LogP contribution < -0.4 is 5.73 Å². The second-order valence-electron chi connectivity index (χ2n) is 10.3. The predicted molar refractivity (Wildman–Crippen MR) is 153 cm³/mol. The zero-order chi connectivity index (χ0) is 25.7. The van der Waals surface area contributed by atoms with Crippen LogP contribution in [0.4, 0.5) is 0 Å². The van der Waals surface area contributed by atoms with Crippen LogP contribution in [-0.2, 0) is 6.54 Å². The maximum Gasteiger partial charge on any atom is 0.133 e. The Kier molecular flexibility index (Phi) is 8.27. The molecule has 0 radical (unpaired) electrons. The highest BCUT2D eigenvalue weighted by molar-refractivity contribution is 5.77. The Labute approximate surface area is 216 Å². The zero-order valence-electron chi connectivity index (χ0n) is 22.2. The Morgan fingerprint density at radius 3 is 2.33 bits per heavy atom. The number of nitrogens with zero attached hydrogens (tertiary/aromatic N) is 3. The predicted octanol–water partition coefficient (Wildman–Crippen LogP) is 7.11. The summed E-state index contributed by atoms with van der Waals surface area (Å²) in [7, 11) is 0. The third kappa shape index (κ3) is 5.88. The molecule has 3 aromatic carbocycles. The summed E-state index contributed by atoms with van der Waals surface area (Å²) < 4.78 is 2.41. The van der Waals surface area contributed by atoms with Crippen molar-refractivity contribution < 1.29 is 0 Å². The van der Waals surface area contributed by atoms with Gasteiger partial charge in [-0.1, -0.05) is 86.7 Å². The first-order valence-electron chi connectivity index (χ1n) is 13.1. The van der Waals surface area contributed by atoms with E-state index >= 15 is 0 Å². The van der Waals surface area contributed by atoms with Gasteiger partial charge in [-0.25, -0.2) is 4.98 Å². The molecule has 0 fully saturated rings. The van der Waals surface area contributed by atoms with Gasteiger partial charge < -0.3 is 15.2 Å². The number of imidazole rings is 1. The normalized spacial score (nSPS) is 12.3. The summed E-state index contributed by atoms with van der Waals surface area (Å²) >= 11 is 0. The molecule has 4 aromatic rings. The van der Waals surface area contributed by atoms with Crippen molar-refractivity contribution in [3.05, 3.63) is 107 Å². The van der Waals surface area contributed by atoms with Gasteiger partial charge in [0.15, 0.2) is 0 Å². The van der Waals surface area contributed by atoms with E-state index in [1.165, 1.54) is 22.2 Å². The highest BCUT2D eigenvalue weighted by atomic mass is 15.2. The van der Waals surface area contributed by atoms with Crippen LogP contribution in [0, 0.1) is 19.8 Å². The molecular weight excluding hydrogens is 440 g/mol. The molecule has 1 atom stereocenters. The van der Waals surface area contributed by atoms with Crippen LogP contribution in [-0.4, -0.2) is 27.5 Å². The summed E-state index contributed by atoms with van der Waals surface area (Å²) in [5.41, 5.74) is 14.2. The summed E-state index contributed by atoms with van der Waals surface area (Å²) in [4.78, 5) is 7.74. The number of fused-ring (bicyclic) bond motifs is 1. The quantitative estimate of drug-likeness (QED) is 0.249. The molecule has 1 heterocycles. The van der Waals surface area contributed by atoms with Crippen molar-refractivity contribution >= 4 is 16.7 Å². The maximum atomic E-state index is 6.01. The minimum absolute atomic E-state index is 0.0850. The number of hydrogen-bond acceptors (Lipinski definition) is 3. The van der Waals surface area contributed by atoms with Crippen LogP contribution in [0.2, 0.25) is 0 Å². The molecule has 0 aliphatic carbocycles. The standard InChI is InChI=1S/C32H40N4/c1-23(2)20-31(35(19-9-18-33)26(5)28-15-12-24(3)13-16-28)32-34-29-21-25(4)14-17-30(29)36(32)22-27-10-7-6-8-11-27/h6-8,10-17,21,23,31H,5,9,18-20,22,33H2,1-4H3. The van der Waals surface area contributed by atoms with E-state index in [9.17, 15) is 0 Å². The van der Waals surface area contributed by atoms with Gasteiger partial charge in [-0.2, -0.15) is 0 Å². The molecule has 36 heavy (non-hydrogen) atoms. The summed E-state index contributed by atoms with van der Waals surface area (Å²) in [6.45, 7) is 15.7. The van der Waals surface area contributed by atoms with Gasteiger partial charge in [0.1, 0.15) is 5.82 Å². The lowest BCUT2D eigenvalue weighted by Crippen LogP contribution is -2.32. The monoisotopic (exact) mass is 480 g/mol. The van der Waals surface area contributed by atoms with Crippen LogP contribution in [0.5, 0.6) is 0 Å². The Balaban J connectivity index is 1.86. The molecule has 0 bridgehead atoms. The van der Waals surface area contributed by atoms with Crippen molar-refractivity contribution in [2.45, 2.75) is 53.1 Å². The molecule has 0 saturated heterocycles. The number of rotatable bonds is 11. The highest BCUT2D eigenvalue weighted by Crippen LogP contribution is 2.36. The second-order valence-corrected chi connectivity index (χ2v) is 10.3. The lowest BCUT2D eigenvalue weighted by Gasteiger charge is -2.36. The number of aromatic nitrogens is 2. The first-order valence-corrected chi connectivity index (χ1v) is 13.1. The van der Waals surface area contributed by atoms with Crippen molar-refractivity contribution in [2.75, 3.05) is 13.1 Å². The molecule has 0 saturated carbocycles. The van der Waals surface area contributed by atoms with Crippen LogP contribution in [0.25, 0.3) is 16.7 Å². The average Bonchev–Trinajstić information content (AvgIpc) is 3.21. The summed E-state index contributed by atoms with van der Waals surface area (Å²) in [6, 6.07) is 26.0. The van der Waals surface area contributed by atoms with Gasteiger partial charge in [0.05, 0.1) is 17.1 Å². The van der Waals surface area contributed by atoms with Gasteiger partial charge in [0.25, 0.3) is 0 Å². The molecule has 0 amide bonds. The van der Waals surface area contributed by atoms with Crippen LogP contribution in [0.1, 0.15) is 60.8 Å². The number of hydrogen-bond donors (Lipinski definition) is 1. The molecule has 4 rings (SSSR count). The fraction of sp³-hybridized carbons (Fsp3) is 0.344. The van der Waals surface area contributed by atoms with Gasteiger partial charge in [-0.15, -0.1) is 0 Å². The fourth-order valence-electron chi connectivity index (χ4n) is 4.92. The Hall–Kier alpha value is -3.37. The number of benzene rings is 3. The topological polar surface area (TPSA) is 47.1 Å². The van der Waals surface area contributed by atoms with E-state index in [0.717, 1.165) is 48.5 Å². The minimum Gasteiger partial charge on any atom is -0.361 e. The van der Waals surface area contributed by atoms with E-state index < -0.39 is 0 Å². The number of aryl methyl sites for hydroxylation is 2. The van der Waals surface area contributed by atoms with E-state index in [2.05, 4.69) is 117 Å². The molecule has 1 unspecified atom stereocenters. The van der Waals surface area contributed by atoms with E-state index in [1.807, 2.05) is 0 Å². The summed E-state index contributed by atoms with van der Waals surface area (Å²) in [5.74, 6) is 1.59. The molecule has 2 N–H and O–H groups in total. The molecule has 4 nitrogen and oxygen atoms in total. The second kappa shape index (κ2) is 11.6. The van der Waals surface area contributed by atoms with Crippen molar-refractivity contribution in [3.63, 3.8) is 0 Å². The Morgan fingerprint density at radius 2 is 1.67 bits per heavy atom. The van der Waals surface area contributed by atoms with Crippen LogP contribution in [0.3, 0.4) is 0 Å². The lowest BCUT2D eigenvalue weighted by molar-refractivity contribution is 0.244. The maximum absolute atomic E-state index is 6.01. The van der Waals surface area contributed by atoms with Crippen molar-refractivity contribution in [2.24, 2.45) is 11.7 Å². The van der Waals surface area contributed by atoms with Crippen molar-refractivity contribution in [1.82, 2.24) is 14.5 Å². The van der Waals surface area contributed by atoms with E-state index in [0.29, 0.717) is 12.5 Å². The van der Waals surface area contributed by atoms with Gasteiger partial charge in [-0.3, -0.25) is 0 Å². The van der Waals surface area contributed by atoms with E-state index in [1.54, 1.807) is 0 Å². The molecule has 188 valence electrons. The Bertz CT molecular complexity index is 1290. The first-order chi connectivity index (χ1) is 17.4. The van der Waals surface area contributed by atoms with E-state index in [4.69, 9.17) is 10.7 Å². The summed E-state index contributed by atoms with van der Waals surface area (Å²) in [6.07, 6.45) is 1.88. The first kappa shape index (κ1) is 25.7. The molecule has 0 aliphatic heterocycles. The van der Waals surface area contributed by atoms with Gasteiger partial charge in [0.2, 0.25) is 0 Å². The SMILES string of the molecule is C=C(c1ccc(C)cc1)N(CCCN)C(CC(C)C)c1nc2cc(C)ccc2n1Cc1ccccc1. The molecule has 1 aromatic heterocycles. The smallest absolute Gasteiger partial charge is 0.133 e. The molecule has 0 spiro atoms. The lowest BCUT2D eigenvalue weighted by atomic mass is 9.99. The fourth-order valence-corrected chi connectivity index (χ4v) is 4.92. The zero-order valence-corrected chi connectivity index (χ0v) is 22.2. The number of nitrogens with two attached hydrogens (primary N) is 1. The molecular formula is C32H40N4. The minimum atomic E-state index is 0.0850. The van der Waals surface area contributed by atoms with Gasteiger partial charge in [0, 0.05) is 18.8 Å². The van der Waals surface area contributed by atoms with E-state index in [-0.39, 0.29) is 6.04 Å². The van der Waals surface area contributed by atoms with Gasteiger partial charge in [-0.05, 0) is 68.0 Å². The largest absolute Gasteiger partial charge is 0.361 e. The third-order valence-electron chi connectivity index (χ3n) is 6.82. The van der Waals surface area contributed by atoms with Crippen LogP contribution in [0.15, 0.2) is 79.4 Å². The van der Waals surface area contributed by atoms with Crippen molar-refractivity contribution in [1.29, 1.82) is 0 Å². The third-order valence-corrected chi connectivity index (χ3v) is 6.82. The molecule has 0 aliphatic rings. The average molecular weight is 481 g/mol.